The number of carbonyl (C=O) groups is 1. The number of Topliss-reactive ketones (excluding diaryl/α,β-unsaturated/α-hetero) is 1. The molecule has 2 rings (SSSR count). The summed E-state index contributed by atoms with van der Waals surface area (Å²) in [6.07, 6.45) is 1.15. The van der Waals surface area contributed by atoms with Crippen molar-refractivity contribution in [2.24, 2.45) is 0 Å². The van der Waals surface area contributed by atoms with Gasteiger partial charge in [-0.15, -0.1) is 5.10 Å². The van der Waals surface area contributed by atoms with Gasteiger partial charge in [0.2, 0.25) is 0 Å². The Kier molecular flexibility index (Phi) is 4.02. The molecule has 0 spiro atoms. The molecule has 0 fully saturated rings. The minimum Gasteiger partial charge on any atom is -0.293 e. The maximum Gasteiger partial charge on any atom is 0.180 e. The first-order chi connectivity index (χ1) is 8.20. The molecular weight excluding hydrogens is 300 g/mol. The zero-order chi connectivity index (χ0) is 12.3. The summed E-state index contributed by atoms with van der Waals surface area (Å²) >= 11 is 4.56. The zero-order valence-electron chi connectivity index (χ0n) is 9.31. The second kappa shape index (κ2) is 5.51. The number of halogens is 1. The van der Waals surface area contributed by atoms with Crippen LogP contribution in [0.15, 0.2) is 28.7 Å². The van der Waals surface area contributed by atoms with Gasteiger partial charge in [-0.2, -0.15) is 0 Å². The molecule has 0 radical (unpaired) electrons. The van der Waals surface area contributed by atoms with Crippen LogP contribution < -0.4 is 0 Å². The lowest BCUT2D eigenvalue weighted by atomic mass is 10.1. The van der Waals surface area contributed by atoms with Crippen LogP contribution in [-0.4, -0.2) is 15.4 Å². The van der Waals surface area contributed by atoms with E-state index in [0.29, 0.717) is 11.3 Å². The molecule has 2 aromatic rings. The average Bonchev–Trinajstić information content (AvgIpc) is 2.80. The molecule has 0 saturated heterocycles. The minimum atomic E-state index is 0.0965. The van der Waals surface area contributed by atoms with Crippen LogP contribution in [0.25, 0.3) is 0 Å². The highest BCUT2D eigenvalue weighted by Gasteiger charge is 2.15. The first-order valence-electron chi connectivity index (χ1n) is 5.29. The Hall–Kier alpha value is -1.07. The van der Waals surface area contributed by atoms with E-state index in [2.05, 4.69) is 25.5 Å². The first-order valence-corrected chi connectivity index (χ1v) is 6.86. The van der Waals surface area contributed by atoms with Gasteiger partial charge in [-0.05, 0) is 35.6 Å². The number of hydrogen-bond donors (Lipinski definition) is 0. The Labute approximate surface area is 112 Å². The lowest BCUT2D eigenvalue weighted by molar-refractivity contribution is 0.0996. The van der Waals surface area contributed by atoms with E-state index in [1.54, 1.807) is 0 Å². The Balaban J connectivity index is 2.14. The van der Waals surface area contributed by atoms with Crippen molar-refractivity contribution in [1.29, 1.82) is 0 Å². The largest absolute Gasteiger partial charge is 0.293 e. The fourth-order valence-corrected chi connectivity index (χ4v) is 2.47. The number of rotatable bonds is 4. The van der Waals surface area contributed by atoms with Gasteiger partial charge in [-0.3, -0.25) is 4.79 Å². The fraction of sp³-hybridized carbons (Fsp3) is 0.250. The smallest absolute Gasteiger partial charge is 0.180 e. The highest BCUT2D eigenvalue weighted by atomic mass is 79.9. The minimum absolute atomic E-state index is 0.0965. The predicted molar refractivity (Wildman–Crippen MR) is 71.5 cm³/mol. The van der Waals surface area contributed by atoms with Gasteiger partial charge >= 0.3 is 0 Å². The second-order valence-electron chi connectivity index (χ2n) is 3.63. The van der Waals surface area contributed by atoms with Crippen molar-refractivity contribution in [1.82, 2.24) is 9.59 Å². The predicted octanol–water partition coefficient (Wildman–Crippen LogP) is 3.29. The van der Waals surface area contributed by atoms with Gasteiger partial charge < -0.3 is 0 Å². The second-order valence-corrected chi connectivity index (χ2v) is 5.30. The zero-order valence-corrected chi connectivity index (χ0v) is 11.7. The van der Waals surface area contributed by atoms with Gasteiger partial charge in [-0.25, -0.2) is 0 Å². The number of hydrogen-bond acceptors (Lipinski definition) is 4. The van der Waals surface area contributed by atoms with Crippen LogP contribution in [-0.2, 0) is 12.8 Å². The highest BCUT2D eigenvalue weighted by Crippen LogP contribution is 2.16. The van der Waals surface area contributed by atoms with E-state index in [9.17, 15) is 4.79 Å². The molecule has 0 aliphatic rings. The third-order valence-electron chi connectivity index (χ3n) is 2.42. The van der Waals surface area contributed by atoms with Crippen LogP contribution in [0.4, 0.5) is 0 Å². The van der Waals surface area contributed by atoms with Crippen molar-refractivity contribution in [3.05, 3.63) is 44.9 Å². The lowest BCUT2D eigenvalue weighted by Crippen LogP contribution is -2.04. The van der Waals surface area contributed by atoms with Crippen molar-refractivity contribution in [3.8, 4) is 0 Å². The van der Waals surface area contributed by atoms with Crippen LogP contribution >= 0.6 is 27.5 Å². The summed E-state index contributed by atoms with van der Waals surface area (Å²) in [6.45, 7) is 1.98. The molecule has 0 amide bonds. The molecular formula is C12H11BrN2OS. The number of ketones is 1. The third-order valence-corrected chi connectivity index (χ3v) is 3.76. The number of aryl methyl sites for hydroxylation is 1. The topological polar surface area (TPSA) is 42.9 Å². The molecule has 5 heteroatoms. The molecule has 1 aromatic heterocycles. The Morgan fingerprint density at radius 1 is 1.35 bits per heavy atom. The van der Waals surface area contributed by atoms with E-state index < -0.39 is 0 Å². The van der Waals surface area contributed by atoms with Gasteiger partial charge in [-0.1, -0.05) is 39.5 Å². The van der Waals surface area contributed by atoms with Gasteiger partial charge in [0, 0.05) is 10.9 Å². The molecule has 0 atom stereocenters. The molecule has 0 unspecified atom stereocenters. The summed E-state index contributed by atoms with van der Waals surface area (Å²) in [7, 11) is 0. The molecule has 17 heavy (non-hydrogen) atoms. The van der Waals surface area contributed by atoms with E-state index in [-0.39, 0.29) is 5.78 Å². The summed E-state index contributed by atoms with van der Waals surface area (Å²) < 4.78 is 4.85. The van der Waals surface area contributed by atoms with Crippen molar-refractivity contribution in [3.63, 3.8) is 0 Å². The number of aromatic nitrogens is 2. The van der Waals surface area contributed by atoms with E-state index in [1.807, 2.05) is 31.2 Å². The van der Waals surface area contributed by atoms with Crippen molar-refractivity contribution >= 4 is 33.2 Å². The van der Waals surface area contributed by atoms with E-state index in [1.165, 1.54) is 11.5 Å². The number of carbonyl (C=O) groups excluding carboxylic acids is 1. The highest BCUT2D eigenvalue weighted by molar-refractivity contribution is 9.10. The van der Waals surface area contributed by atoms with Gasteiger partial charge in [0.1, 0.15) is 4.88 Å². The molecule has 0 bridgehead atoms. The Bertz CT molecular complexity index is 522. The SMILES string of the molecule is CCc1nnsc1C(=O)Cc1ccc(Br)cc1. The molecule has 0 saturated carbocycles. The molecule has 0 N–H and O–H groups in total. The maximum absolute atomic E-state index is 12.1. The van der Waals surface area contributed by atoms with Crippen molar-refractivity contribution in [2.45, 2.75) is 19.8 Å². The van der Waals surface area contributed by atoms with Gasteiger partial charge in [0.15, 0.2) is 5.78 Å². The van der Waals surface area contributed by atoms with Crippen LogP contribution in [0.1, 0.15) is 27.9 Å². The van der Waals surface area contributed by atoms with E-state index in [4.69, 9.17) is 0 Å². The summed E-state index contributed by atoms with van der Waals surface area (Å²) in [5, 5.41) is 3.95. The summed E-state index contributed by atoms with van der Waals surface area (Å²) in [6, 6.07) is 7.77. The number of benzene rings is 1. The van der Waals surface area contributed by atoms with Crippen LogP contribution in [0, 0.1) is 0 Å². The monoisotopic (exact) mass is 310 g/mol. The normalized spacial score (nSPS) is 10.5. The summed E-state index contributed by atoms with van der Waals surface area (Å²) in [5.74, 6) is 0.0965. The standard InChI is InChI=1S/C12H11BrN2OS/c1-2-10-12(17-15-14-10)11(16)7-8-3-5-9(13)6-4-8/h3-6H,2,7H2,1H3. The van der Waals surface area contributed by atoms with Crippen molar-refractivity contribution < 1.29 is 4.79 Å². The lowest BCUT2D eigenvalue weighted by Gasteiger charge is -2.00. The summed E-state index contributed by atoms with van der Waals surface area (Å²) in [4.78, 5) is 12.7. The van der Waals surface area contributed by atoms with Crippen LogP contribution in [0.3, 0.4) is 0 Å². The van der Waals surface area contributed by atoms with Gasteiger partial charge in [0.05, 0.1) is 5.69 Å². The van der Waals surface area contributed by atoms with Crippen molar-refractivity contribution in [2.75, 3.05) is 0 Å². The summed E-state index contributed by atoms with van der Waals surface area (Å²) in [5.41, 5.74) is 1.81. The van der Waals surface area contributed by atoms with Gasteiger partial charge in [0.25, 0.3) is 0 Å². The molecule has 0 aliphatic carbocycles. The van der Waals surface area contributed by atoms with E-state index >= 15 is 0 Å². The number of nitrogens with zero attached hydrogens (tertiary/aromatic N) is 2. The molecule has 1 heterocycles. The molecule has 0 aliphatic heterocycles. The molecule has 1 aromatic carbocycles. The molecule has 3 nitrogen and oxygen atoms in total. The Morgan fingerprint density at radius 3 is 2.71 bits per heavy atom. The van der Waals surface area contributed by atoms with E-state index in [0.717, 1.165) is 22.2 Å². The van der Waals surface area contributed by atoms with Crippen LogP contribution in [0.5, 0.6) is 0 Å². The Morgan fingerprint density at radius 2 is 2.06 bits per heavy atom. The maximum atomic E-state index is 12.1. The van der Waals surface area contributed by atoms with Crippen LogP contribution in [0.2, 0.25) is 0 Å². The first kappa shape index (κ1) is 12.4. The third kappa shape index (κ3) is 2.98. The molecule has 88 valence electrons. The fourth-order valence-electron chi connectivity index (χ4n) is 1.52. The average molecular weight is 311 g/mol. The quantitative estimate of drug-likeness (QED) is 0.814.